The summed E-state index contributed by atoms with van der Waals surface area (Å²) >= 11 is 0. The Morgan fingerprint density at radius 1 is 1.32 bits per heavy atom. The molecule has 1 saturated heterocycles. The molecule has 1 fully saturated rings. The van der Waals surface area contributed by atoms with Crippen LogP contribution in [-0.2, 0) is 21.1 Å². The van der Waals surface area contributed by atoms with E-state index in [2.05, 4.69) is 4.98 Å². The van der Waals surface area contributed by atoms with Gasteiger partial charge in [-0.15, -0.1) is 0 Å². The highest BCUT2D eigenvalue weighted by molar-refractivity contribution is 5.80. The molecule has 0 saturated carbocycles. The fourth-order valence-corrected chi connectivity index (χ4v) is 2.14. The summed E-state index contributed by atoms with van der Waals surface area (Å²) in [4.78, 5) is 15.1. The fraction of sp³-hybridized carbons (Fsp3) is 0.500. The van der Waals surface area contributed by atoms with Crippen molar-refractivity contribution in [1.82, 2.24) is 4.98 Å². The zero-order valence-corrected chi connectivity index (χ0v) is 9.91. The molecule has 0 radical (unpaired) electrons. The molecule has 0 unspecified atom stereocenters. The maximum atomic E-state index is 12.4. The van der Waals surface area contributed by atoms with E-state index in [1.54, 1.807) is 0 Å². The van der Waals surface area contributed by atoms with Crippen LogP contribution >= 0.6 is 0 Å². The molecule has 1 aromatic rings. The van der Waals surface area contributed by atoms with E-state index in [0.29, 0.717) is 6.20 Å². The number of hydrogen-bond acceptors (Lipinski definition) is 3. The second kappa shape index (κ2) is 4.80. The number of alkyl halides is 3. The second-order valence-corrected chi connectivity index (χ2v) is 4.43. The molecule has 1 N–H and O–H groups in total. The number of rotatable bonds is 2. The second-order valence-electron chi connectivity index (χ2n) is 4.43. The molecule has 2 heterocycles. The van der Waals surface area contributed by atoms with Crippen LogP contribution in [0.3, 0.4) is 0 Å². The first kappa shape index (κ1) is 13.8. The van der Waals surface area contributed by atoms with E-state index in [-0.39, 0.29) is 31.7 Å². The van der Waals surface area contributed by atoms with Crippen molar-refractivity contribution in [3.63, 3.8) is 0 Å². The molecule has 0 amide bonds. The molecule has 0 aliphatic carbocycles. The van der Waals surface area contributed by atoms with Gasteiger partial charge >= 0.3 is 12.1 Å². The lowest BCUT2D eigenvalue weighted by molar-refractivity contribution is -0.148. The number of ether oxygens (including phenoxy) is 1. The Morgan fingerprint density at radius 2 is 1.95 bits per heavy atom. The first-order chi connectivity index (χ1) is 8.86. The quantitative estimate of drug-likeness (QED) is 0.899. The minimum Gasteiger partial charge on any atom is -0.481 e. The first-order valence-corrected chi connectivity index (χ1v) is 5.71. The van der Waals surface area contributed by atoms with Gasteiger partial charge in [0.1, 0.15) is 5.41 Å². The third-order valence-corrected chi connectivity index (χ3v) is 3.34. The summed E-state index contributed by atoms with van der Waals surface area (Å²) in [6, 6.07) is 2.00. The molecular formula is C12H12F3NO3. The van der Waals surface area contributed by atoms with Crippen molar-refractivity contribution in [1.29, 1.82) is 0 Å². The highest BCUT2D eigenvalue weighted by Crippen LogP contribution is 2.35. The van der Waals surface area contributed by atoms with Crippen molar-refractivity contribution in [2.45, 2.75) is 24.4 Å². The lowest BCUT2D eigenvalue weighted by atomic mass is 9.77. The zero-order valence-electron chi connectivity index (χ0n) is 9.91. The van der Waals surface area contributed by atoms with Crippen LogP contribution < -0.4 is 0 Å². The number of carboxylic acid groups (broad SMARTS) is 1. The molecule has 2 rings (SSSR count). The van der Waals surface area contributed by atoms with Crippen molar-refractivity contribution in [3.05, 3.63) is 29.6 Å². The predicted octanol–water partition coefficient (Wildman–Crippen LogP) is 2.23. The molecule has 0 atom stereocenters. The summed E-state index contributed by atoms with van der Waals surface area (Å²) in [5.41, 5.74) is -1.98. The summed E-state index contributed by atoms with van der Waals surface area (Å²) in [5, 5.41) is 9.35. The highest BCUT2D eigenvalue weighted by atomic mass is 19.4. The summed E-state index contributed by atoms with van der Waals surface area (Å²) in [5.74, 6) is -1.08. The molecule has 104 valence electrons. The summed E-state index contributed by atoms with van der Waals surface area (Å²) in [6.45, 7) is 0.518. The van der Waals surface area contributed by atoms with Crippen LogP contribution in [0.2, 0.25) is 0 Å². The Balaban J connectivity index is 2.36. The average Bonchev–Trinajstić information content (AvgIpc) is 2.38. The van der Waals surface area contributed by atoms with Gasteiger partial charge in [-0.25, -0.2) is 0 Å². The number of carboxylic acids is 1. The van der Waals surface area contributed by atoms with Gasteiger partial charge in [-0.2, -0.15) is 13.2 Å². The van der Waals surface area contributed by atoms with E-state index in [1.807, 2.05) is 0 Å². The maximum Gasteiger partial charge on any atom is 0.417 e. The molecule has 1 aromatic heterocycles. The van der Waals surface area contributed by atoms with E-state index < -0.39 is 23.1 Å². The van der Waals surface area contributed by atoms with Gasteiger partial charge in [0, 0.05) is 19.4 Å². The topological polar surface area (TPSA) is 59.4 Å². The molecule has 0 bridgehead atoms. The van der Waals surface area contributed by atoms with Gasteiger partial charge in [-0.1, -0.05) is 0 Å². The zero-order chi connectivity index (χ0) is 14.1. The van der Waals surface area contributed by atoms with Gasteiger partial charge < -0.3 is 9.84 Å². The SMILES string of the molecule is O=C(O)C1(c2ccc(C(F)(F)F)cn2)CCOCC1. The number of aromatic nitrogens is 1. The molecule has 1 aliphatic rings. The lowest BCUT2D eigenvalue weighted by Gasteiger charge is -2.32. The van der Waals surface area contributed by atoms with Crippen LogP contribution in [-0.4, -0.2) is 29.3 Å². The highest BCUT2D eigenvalue weighted by Gasteiger charge is 2.43. The Kier molecular flexibility index (Phi) is 3.49. The molecule has 19 heavy (non-hydrogen) atoms. The molecule has 0 aromatic carbocycles. The number of hydrogen-bond donors (Lipinski definition) is 1. The number of aliphatic carboxylic acids is 1. The molecular weight excluding hydrogens is 263 g/mol. The van der Waals surface area contributed by atoms with Crippen LogP contribution in [0, 0.1) is 0 Å². The largest absolute Gasteiger partial charge is 0.481 e. The number of carbonyl (C=O) groups is 1. The Bertz CT molecular complexity index is 464. The fourth-order valence-electron chi connectivity index (χ4n) is 2.14. The lowest BCUT2D eigenvalue weighted by Crippen LogP contribution is -2.42. The van der Waals surface area contributed by atoms with Crippen LogP contribution in [0.15, 0.2) is 18.3 Å². The normalized spacial score (nSPS) is 19.1. The Morgan fingerprint density at radius 3 is 2.37 bits per heavy atom. The standard InChI is InChI=1S/C12H12F3NO3/c13-12(14,15)8-1-2-9(16-7-8)11(10(17)18)3-5-19-6-4-11/h1-2,7H,3-6H2,(H,17,18). The third-order valence-electron chi connectivity index (χ3n) is 3.34. The van der Waals surface area contributed by atoms with Gasteiger partial charge in [0.2, 0.25) is 0 Å². The Hall–Kier alpha value is -1.63. The van der Waals surface area contributed by atoms with Crippen molar-refractivity contribution < 1.29 is 27.8 Å². The Labute approximate surface area is 107 Å². The van der Waals surface area contributed by atoms with Gasteiger partial charge in [-0.05, 0) is 25.0 Å². The molecule has 7 heteroatoms. The smallest absolute Gasteiger partial charge is 0.417 e. The monoisotopic (exact) mass is 275 g/mol. The van der Waals surface area contributed by atoms with Gasteiger partial charge in [0.15, 0.2) is 0 Å². The first-order valence-electron chi connectivity index (χ1n) is 5.71. The molecule has 4 nitrogen and oxygen atoms in total. The van der Waals surface area contributed by atoms with Crippen LogP contribution in [0.4, 0.5) is 13.2 Å². The molecule has 1 aliphatic heterocycles. The van der Waals surface area contributed by atoms with Gasteiger partial charge in [0.05, 0.1) is 11.3 Å². The number of halogens is 3. The predicted molar refractivity (Wildman–Crippen MR) is 58.6 cm³/mol. The minimum absolute atomic E-state index is 0.149. The third kappa shape index (κ3) is 2.56. The summed E-state index contributed by atoms with van der Waals surface area (Å²) in [6.07, 6.45) is -3.38. The van der Waals surface area contributed by atoms with E-state index in [9.17, 15) is 23.1 Å². The van der Waals surface area contributed by atoms with Gasteiger partial charge in [-0.3, -0.25) is 9.78 Å². The number of pyridine rings is 1. The minimum atomic E-state index is -4.47. The van der Waals surface area contributed by atoms with Crippen LogP contribution in [0.5, 0.6) is 0 Å². The summed E-state index contributed by atoms with van der Waals surface area (Å²) in [7, 11) is 0. The van der Waals surface area contributed by atoms with E-state index in [0.717, 1.165) is 12.1 Å². The molecule has 0 spiro atoms. The van der Waals surface area contributed by atoms with Crippen LogP contribution in [0.25, 0.3) is 0 Å². The van der Waals surface area contributed by atoms with Crippen LogP contribution in [0.1, 0.15) is 24.1 Å². The van der Waals surface area contributed by atoms with E-state index in [1.165, 1.54) is 0 Å². The number of nitrogens with zero attached hydrogens (tertiary/aromatic N) is 1. The van der Waals surface area contributed by atoms with E-state index >= 15 is 0 Å². The summed E-state index contributed by atoms with van der Waals surface area (Å²) < 4.78 is 42.4. The van der Waals surface area contributed by atoms with Crippen molar-refractivity contribution in [2.24, 2.45) is 0 Å². The maximum absolute atomic E-state index is 12.4. The van der Waals surface area contributed by atoms with E-state index in [4.69, 9.17) is 4.74 Å². The van der Waals surface area contributed by atoms with Gasteiger partial charge in [0.25, 0.3) is 0 Å². The van der Waals surface area contributed by atoms with Crippen molar-refractivity contribution >= 4 is 5.97 Å². The van der Waals surface area contributed by atoms with Crippen molar-refractivity contribution in [3.8, 4) is 0 Å². The average molecular weight is 275 g/mol. The van der Waals surface area contributed by atoms with Crippen molar-refractivity contribution in [2.75, 3.05) is 13.2 Å².